The summed E-state index contributed by atoms with van der Waals surface area (Å²) in [5, 5.41) is 5.79. The highest BCUT2D eigenvalue weighted by Gasteiger charge is 2.09. The second kappa shape index (κ2) is 6.24. The molecule has 0 aliphatic heterocycles. The van der Waals surface area contributed by atoms with Crippen LogP contribution in [0.2, 0.25) is 0 Å². The van der Waals surface area contributed by atoms with Crippen molar-refractivity contribution in [3.8, 4) is 5.75 Å². The maximum Gasteiger partial charge on any atom is 0.387 e. The number of thiazole rings is 1. The van der Waals surface area contributed by atoms with Gasteiger partial charge < -0.3 is 10.5 Å². The molecule has 106 valence electrons. The van der Waals surface area contributed by atoms with Crippen molar-refractivity contribution in [2.24, 2.45) is 5.10 Å². The maximum absolute atomic E-state index is 13.1. The van der Waals surface area contributed by atoms with Crippen molar-refractivity contribution in [3.05, 3.63) is 35.0 Å². The van der Waals surface area contributed by atoms with Crippen LogP contribution in [0.1, 0.15) is 5.56 Å². The summed E-state index contributed by atoms with van der Waals surface area (Å²) in [6.07, 6.45) is 1.15. The number of nitrogens with two attached hydrogens (primary N) is 1. The average Bonchev–Trinajstić information content (AvgIpc) is 2.78. The number of nitrogen functional groups attached to an aromatic ring is 1. The predicted molar refractivity (Wildman–Crippen MR) is 70.8 cm³/mol. The Morgan fingerprint density at radius 1 is 1.45 bits per heavy atom. The Morgan fingerprint density at radius 2 is 2.25 bits per heavy atom. The molecule has 0 unspecified atom stereocenters. The molecule has 1 aromatic heterocycles. The van der Waals surface area contributed by atoms with Crippen LogP contribution >= 0.6 is 11.3 Å². The number of nitrogens with zero attached hydrogens (tertiary/aromatic N) is 2. The number of hydrogen-bond acceptors (Lipinski definition) is 6. The Balaban J connectivity index is 2.12. The van der Waals surface area contributed by atoms with Crippen LogP contribution in [0.3, 0.4) is 0 Å². The minimum atomic E-state index is -3.00. The second-order valence-electron chi connectivity index (χ2n) is 3.51. The number of hydrogen-bond donors (Lipinski definition) is 2. The monoisotopic (exact) mass is 302 g/mol. The summed E-state index contributed by atoms with van der Waals surface area (Å²) in [6, 6.07) is 3.15. The highest BCUT2D eigenvalue weighted by atomic mass is 32.1. The summed E-state index contributed by atoms with van der Waals surface area (Å²) >= 11 is 1.22. The van der Waals surface area contributed by atoms with Gasteiger partial charge in [-0.3, -0.25) is 5.43 Å². The van der Waals surface area contributed by atoms with Gasteiger partial charge >= 0.3 is 6.61 Å². The molecule has 0 saturated heterocycles. The average molecular weight is 302 g/mol. The van der Waals surface area contributed by atoms with E-state index in [0.717, 1.165) is 24.4 Å². The molecule has 9 heteroatoms. The van der Waals surface area contributed by atoms with Crippen molar-refractivity contribution in [1.82, 2.24) is 4.98 Å². The molecule has 2 rings (SSSR count). The number of alkyl halides is 2. The predicted octanol–water partition coefficient (Wildman–Crippen LogP) is 2.91. The zero-order valence-corrected chi connectivity index (χ0v) is 10.7. The number of hydrazone groups is 1. The second-order valence-corrected chi connectivity index (χ2v) is 4.37. The Morgan fingerprint density at radius 3 is 2.90 bits per heavy atom. The zero-order chi connectivity index (χ0) is 14.5. The van der Waals surface area contributed by atoms with E-state index in [9.17, 15) is 13.2 Å². The van der Waals surface area contributed by atoms with E-state index < -0.39 is 12.4 Å². The van der Waals surface area contributed by atoms with Crippen molar-refractivity contribution in [3.63, 3.8) is 0 Å². The summed E-state index contributed by atoms with van der Waals surface area (Å²) < 4.78 is 41.7. The van der Waals surface area contributed by atoms with Gasteiger partial charge in [0.2, 0.25) is 5.13 Å². The standard InChI is InChI=1S/C11H9F3N4OS/c12-7-1-2-8(19-10(13)14)6(3-7)4-16-18-11-17-9(15)5-20-11/h1-5,10H,15H2,(H,17,18). The summed E-state index contributed by atoms with van der Waals surface area (Å²) in [5.74, 6) is -0.433. The fraction of sp³-hybridized carbons (Fsp3) is 0.0909. The molecule has 3 N–H and O–H groups in total. The number of ether oxygens (including phenoxy) is 1. The molecule has 20 heavy (non-hydrogen) atoms. The topological polar surface area (TPSA) is 72.5 Å². The maximum atomic E-state index is 13.1. The van der Waals surface area contributed by atoms with Gasteiger partial charge in [-0.05, 0) is 18.2 Å². The smallest absolute Gasteiger partial charge is 0.387 e. The molecule has 0 aliphatic carbocycles. The van der Waals surface area contributed by atoms with Crippen molar-refractivity contribution in [1.29, 1.82) is 0 Å². The van der Waals surface area contributed by atoms with Gasteiger partial charge in [0.1, 0.15) is 17.4 Å². The Kier molecular flexibility index (Phi) is 4.41. The Hall–Kier alpha value is -2.29. The van der Waals surface area contributed by atoms with E-state index in [1.165, 1.54) is 11.3 Å². The molecule has 0 atom stereocenters. The van der Waals surface area contributed by atoms with E-state index in [4.69, 9.17) is 5.73 Å². The molecule has 0 radical (unpaired) electrons. The third kappa shape index (κ3) is 3.85. The summed E-state index contributed by atoms with van der Waals surface area (Å²) in [5.41, 5.74) is 8.03. The first-order valence-electron chi connectivity index (χ1n) is 5.29. The van der Waals surface area contributed by atoms with Crippen LogP contribution in [0.4, 0.5) is 24.1 Å². The third-order valence-electron chi connectivity index (χ3n) is 2.07. The van der Waals surface area contributed by atoms with Crippen LogP contribution in [-0.4, -0.2) is 17.8 Å². The van der Waals surface area contributed by atoms with Crippen LogP contribution < -0.4 is 15.9 Å². The van der Waals surface area contributed by atoms with E-state index >= 15 is 0 Å². The quantitative estimate of drug-likeness (QED) is 0.658. The number of rotatable bonds is 5. The molecule has 1 heterocycles. The Bertz CT molecular complexity index is 617. The first-order chi connectivity index (χ1) is 9.54. The normalized spacial score (nSPS) is 11.2. The van der Waals surface area contributed by atoms with Gasteiger partial charge in [-0.1, -0.05) is 0 Å². The lowest BCUT2D eigenvalue weighted by Crippen LogP contribution is -2.05. The first kappa shape index (κ1) is 14.1. The van der Waals surface area contributed by atoms with Gasteiger partial charge in [-0.25, -0.2) is 9.37 Å². The highest BCUT2D eigenvalue weighted by Crippen LogP contribution is 2.21. The molecule has 0 bridgehead atoms. The van der Waals surface area contributed by atoms with Crippen LogP contribution in [0.5, 0.6) is 5.75 Å². The lowest BCUT2D eigenvalue weighted by atomic mass is 10.2. The molecule has 5 nitrogen and oxygen atoms in total. The zero-order valence-electron chi connectivity index (χ0n) is 9.89. The Labute approximate surface area is 115 Å². The summed E-state index contributed by atoms with van der Waals surface area (Å²) in [6.45, 7) is -3.00. The number of benzene rings is 1. The number of anilines is 2. The van der Waals surface area contributed by atoms with E-state index in [1.54, 1.807) is 5.38 Å². The number of nitrogens with one attached hydrogen (secondary N) is 1. The van der Waals surface area contributed by atoms with Crippen molar-refractivity contribution >= 4 is 28.5 Å². The molecule has 2 aromatic rings. The fourth-order valence-electron chi connectivity index (χ4n) is 1.32. The lowest BCUT2D eigenvalue weighted by molar-refractivity contribution is -0.0499. The molecular weight excluding hydrogens is 293 g/mol. The molecule has 0 fully saturated rings. The van der Waals surface area contributed by atoms with Crippen LogP contribution in [0.25, 0.3) is 0 Å². The van der Waals surface area contributed by atoms with Crippen LogP contribution in [0.15, 0.2) is 28.7 Å². The molecule has 0 spiro atoms. The van der Waals surface area contributed by atoms with Crippen LogP contribution in [-0.2, 0) is 0 Å². The minimum absolute atomic E-state index is 0.0716. The van der Waals surface area contributed by atoms with Gasteiger partial charge in [-0.2, -0.15) is 13.9 Å². The third-order valence-corrected chi connectivity index (χ3v) is 2.84. The molecule has 0 amide bonds. The van der Waals surface area contributed by atoms with Crippen molar-refractivity contribution in [2.75, 3.05) is 11.2 Å². The van der Waals surface area contributed by atoms with Gasteiger partial charge in [0.25, 0.3) is 0 Å². The van der Waals surface area contributed by atoms with Gasteiger partial charge in [-0.15, -0.1) is 11.3 Å². The number of aromatic nitrogens is 1. The fourth-order valence-corrected chi connectivity index (χ4v) is 1.87. The largest absolute Gasteiger partial charge is 0.434 e. The van der Waals surface area contributed by atoms with E-state index in [0.29, 0.717) is 10.9 Å². The van der Waals surface area contributed by atoms with E-state index in [-0.39, 0.29) is 11.3 Å². The highest BCUT2D eigenvalue weighted by molar-refractivity contribution is 7.14. The summed E-state index contributed by atoms with van der Waals surface area (Å²) in [4.78, 5) is 3.88. The van der Waals surface area contributed by atoms with Gasteiger partial charge in [0, 0.05) is 10.9 Å². The molecule has 1 aromatic carbocycles. The SMILES string of the molecule is Nc1csc(NN=Cc2cc(F)ccc2OC(F)F)n1. The first-order valence-corrected chi connectivity index (χ1v) is 6.17. The summed E-state index contributed by atoms with van der Waals surface area (Å²) in [7, 11) is 0. The van der Waals surface area contributed by atoms with Gasteiger partial charge in [0.15, 0.2) is 0 Å². The minimum Gasteiger partial charge on any atom is -0.434 e. The van der Waals surface area contributed by atoms with Crippen molar-refractivity contribution < 1.29 is 17.9 Å². The lowest BCUT2D eigenvalue weighted by Gasteiger charge is -2.07. The van der Waals surface area contributed by atoms with E-state index in [2.05, 4.69) is 20.2 Å². The number of halogens is 3. The van der Waals surface area contributed by atoms with Crippen LogP contribution in [0, 0.1) is 5.82 Å². The van der Waals surface area contributed by atoms with E-state index in [1.807, 2.05) is 0 Å². The van der Waals surface area contributed by atoms with Gasteiger partial charge in [0.05, 0.1) is 6.21 Å². The molecule has 0 saturated carbocycles. The van der Waals surface area contributed by atoms with Crippen molar-refractivity contribution in [2.45, 2.75) is 6.61 Å². The molecular formula is C11H9F3N4OS. The molecule has 0 aliphatic rings.